The first-order valence-electron chi connectivity index (χ1n) is 6.88. The molecule has 0 spiro atoms. The summed E-state index contributed by atoms with van der Waals surface area (Å²) in [6.45, 7) is 9.32. The lowest BCUT2D eigenvalue weighted by molar-refractivity contribution is 0.958. The number of hydrogen-bond acceptors (Lipinski definition) is 3. The van der Waals surface area contributed by atoms with Crippen LogP contribution in [0.4, 0.5) is 5.82 Å². The third-order valence-electron chi connectivity index (χ3n) is 3.19. The maximum Gasteiger partial charge on any atom is 0.162 e. The van der Waals surface area contributed by atoms with Crippen molar-refractivity contribution >= 4 is 28.4 Å². The summed E-state index contributed by atoms with van der Waals surface area (Å²) in [5, 5.41) is 3.39. The number of rotatable bonds is 4. The average Bonchev–Trinajstić information content (AvgIpc) is 2.43. The summed E-state index contributed by atoms with van der Waals surface area (Å²) in [5.41, 5.74) is 4.57. The summed E-state index contributed by atoms with van der Waals surface area (Å²) in [7, 11) is 0. The number of benzene rings is 1. The van der Waals surface area contributed by atoms with Gasteiger partial charge in [-0.3, -0.25) is 0 Å². The smallest absolute Gasteiger partial charge is 0.162 e. The van der Waals surface area contributed by atoms with Crippen LogP contribution in [0.3, 0.4) is 0 Å². The Morgan fingerprint density at radius 1 is 1.15 bits per heavy atom. The topological polar surface area (TPSA) is 37.8 Å². The van der Waals surface area contributed by atoms with E-state index in [2.05, 4.69) is 71.9 Å². The molecule has 0 aliphatic rings. The van der Waals surface area contributed by atoms with Gasteiger partial charge >= 0.3 is 0 Å². The molecule has 2 aromatic rings. The minimum atomic E-state index is 0.808. The van der Waals surface area contributed by atoms with Gasteiger partial charge in [0.2, 0.25) is 0 Å². The highest BCUT2D eigenvalue weighted by Crippen LogP contribution is 2.26. The van der Waals surface area contributed by atoms with Gasteiger partial charge < -0.3 is 5.32 Å². The summed E-state index contributed by atoms with van der Waals surface area (Å²) >= 11 is 2.31. The van der Waals surface area contributed by atoms with Crippen LogP contribution in [0.15, 0.2) is 18.2 Å². The van der Waals surface area contributed by atoms with Crippen molar-refractivity contribution < 1.29 is 0 Å². The highest BCUT2D eigenvalue weighted by Gasteiger charge is 2.12. The molecule has 0 radical (unpaired) electrons. The summed E-state index contributed by atoms with van der Waals surface area (Å²) < 4.78 is 1.10. The first-order chi connectivity index (χ1) is 9.52. The summed E-state index contributed by atoms with van der Waals surface area (Å²) in [6, 6.07) is 6.40. The van der Waals surface area contributed by atoms with Crippen molar-refractivity contribution in [1.82, 2.24) is 9.97 Å². The summed E-state index contributed by atoms with van der Waals surface area (Å²) in [5.74, 6) is 1.75. The molecule has 2 rings (SSSR count). The highest BCUT2D eigenvalue weighted by molar-refractivity contribution is 14.1. The molecule has 0 bridgehead atoms. The van der Waals surface area contributed by atoms with Gasteiger partial charge in [-0.05, 0) is 61.4 Å². The lowest BCUT2D eigenvalue weighted by atomic mass is 10.1. The predicted molar refractivity (Wildman–Crippen MR) is 93.2 cm³/mol. The average molecular weight is 381 g/mol. The van der Waals surface area contributed by atoms with Crippen LogP contribution in [0.5, 0.6) is 0 Å². The number of aryl methyl sites for hydroxylation is 3. The second-order valence-corrected chi connectivity index (χ2v) is 6.12. The first kappa shape index (κ1) is 15.2. The van der Waals surface area contributed by atoms with E-state index in [0.29, 0.717) is 0 Å². The quantitative estimate of drug-likeness (QED) is 0.793. The van der Waals surface area contributed by atoms with Gasteiger partial charge in [-0.2, -0.15) is 0 Å². The molecule has 0 aliphatic heterocycles. The molecule has 106 valence electrons. The van der Waals surface area contributed by atoms with E-state index < -0.39 is 0 Å². The van der Waals surface area contributed by atoms with Crippen molar-refractivity contribution in [3.8, 4) is 11.4 Å². The molecular formula is C16H20IN3. The molecule has 0 saturated heterocycles. The zero-order valence-electron chi connectivity index (χ0n) is 12.4. The van der Waals surface area contributed by atoms with E-state index in [1.807, 2.05) is 6.92 Å². The number of halogens is 1. The van der Waals surface area contributed by atoms with Crippen LogP contribution < -0.4 is 5.32 Å². The summed E-state index contributed by atoms with van der Waals surface area (Å²) in [6.07, 6.45) is 1.08. The lowest BCUT2D eigenvalue weighted by Gasteiger charge is -2.12. The van der Waals surface area contributed by atoms with Crippen LogP contribution in [-0.4, -0.2) is 16.5 Å². The number of nitrogens with one attached hydrogen (secondary N) is 1. The van der Waals surface area contributed by atoms with Crippen molar-refractivity contribution in [1.29, 1.82) is 0 Å². The van der Waals surface area contributed by atoms with Crippen LogP contribution in [0, 0.1) is 24.3 Å². The van der Waals surface area contributed by atoms with Gasteiger partial charge in [-0.1, -0.05) is 24.6 Å². The van der Waals surface area contributed by atoms with Crippen LogP contribution in [0.25, 0.3) is 11.4 Å². The van der Waals surface area contributed by atoms with Crippen molar-refractivity contribution in [3.63, 3.8) is 0 Å². The monoisotopic (exact) mass is 381 g/mol. The van der Waals surface area contributed by atoms with E-state index in [0.717, 1.165) is 39.4 Å². The molecule has 1 N–H and O–H groups in total. The number of nitrogens with zero attached hydrogens (tertiary/aromatic N) is 2. The molecule has 0 aliphatic carbocycles. The SMILES string of the molecule is CCCNc1nc(-c2cc(C)ccc2C)nc(C)c1I. The van der Waals surface area contributed by atoms with E-state index in [1.54, 1.807) is 0 Å². The van der Waals surface area contributed by atoms with Crippen LogP contribution in [0.2, 0.25) is 0 Å². The molecule has 0 atom stereocenters. The predicted octanol–water partition coefficient (Wildman–Crippen LogP) is 4.50. The van der Waals surface area contributed by atoms with E-state index in [9.17, 15) is 0 Å². The van der Waals surface area contributed by atoms with Crippen molar-refractivity contribution in [3.05, 3.63) is 38.6 Å². The lowest BCUT2D eigenvalue weighted by Crippen LogP contribution is -2.08. The van der Waals surface area contributed by atoms with Crippen LogP contribution >= 0.6 is 22.6 Å². The molecule has 4 heteroatoms. The fourth-order valence-corrected chi connectivity index (χ4v) is 2.45. The Morgan fingerprint density at radius 3 is 2.60 bits per heavy atom. The maximum atomic E-state index is 4.71. The minimum absolute atomic E-state index is 0.808. The van der Waals surface area contributed by atoms with E-state index in [1.165, 1.54) is 11.1 Å². The van der Waals surface area contributed by atoms with E-state index in [-0.39, 0.29) is 0 Å². The van der Waals surface area contributed by atoms with Gasteiger partial charge in [0, 0.05) is 12.1 Å². The molecule has 3 nitrogen and oxygen atoms in total. The van der Waals surface area contributed by atoms with Gasteiger partial charge in [-0.25, -0.2) is 9.97 Å². The van der Waals surface area contributed by atoms with E-state index >= 15 is 0 Å². The first-order valence-corrected chi connectivity index (χ1v) is 7.96. The van der Waals surface area contributed by atoms with Crippen molar-refractivity contribution in [2.45, 2.75) is 34.1 Å². The molecule has 1 aromatic carbocycles. The normalized spacial score (nSPS) is 10.7. The molecular weight excluding hydrogens is 361 g/mol. The standard InChI is InChI=1S/C16H20IN3/c1-5-8-18-16-14(17)12(4)19-15(20-16)13-9-10(2)6-7-11(13)3/h6-7,9H,5,8H2,1-4H3,(H,18,19,20). The maximum absolute atomic E-state index is 4.71. The fourth-order valence-electron chi connectivity index (χ4n) is 2.02. The van der Waals surface area contributed by atoms with E-state index in [4.69, 9.17) is 4.98 Å². The second kappa shape index (κ2) is 6.52. The largest absolute Gasteiger partial charge is 0.369 e. The van der Waals surface area contributed by atoms with Crippen molar-refractivity contribution in [2.75, 3.05) is 11.9 Å². The molecule has 0 unspecified atom stereocenters. The minimum Gasteiger partial charge on any atom is -0.369 e. The Hall–Kier alpha value is -1.17. The van der Waals surface area contributed by atoms with Gasteiger partial charge in [0.25, 0.3) is 0 Å². The zero-order valence-corrected chi connectivity index (χ0v) is 14.6. The molecule has 1 aromatic heterocycles. The Bertz CT molecular complexity index is 623. The third-order valence-corrected chi connectivity index (χ3v) is 4.48. The van der Waals surface area contributed by atoms with Gasteiger partial charge in [0.1, 0.15) is 5.82 Å². The Labute approximate surface area is 134 Å². The molecule has 0 amide bonds. The second-order valence-electron chi connectivity index (χ2n) is 5.04. The Morgan fingerprint density at radius 2 is 1.90 bits per heavy atom. The number of anilines is 1. The fraction of sp³-hybridized carbons (Fsp3) is 0.375. The molecule has 1 heterocycles. The van der Waals surface area contributed by atoms with Crippen LogP contribution in [0.1, 0.15) is 30.2 Å². The highest BCUT2D eigenvalue weighted by atomic mass is 127. The van der Waals surface area contributed by atoms with Gasteiger partial charge in [0.05, 0.1) is 9.26 Å². The zero-order chi connectivity index (χ0) is 14.7. The Balaban J connectivity index is 2.51. The Kier molecular flexibility index (Phi) is 4.96. The molecule has 0 saturated carbocycles. The third kappa shape index (κ3) is 3.29. The molecule has 20 heavy (non-hydrogen) atoms. The molecule has 0 fully saturated rings. The number of aromatic nitrogens is 2. The summed E-state index contributed by atoms with van der Waals surface area (Å²) in [4.78, 5) is 9.37. The van der Waals surface area contributed by atoms with Gasteiger partial charge in [-0.15, -0.1) is 0 Å². The van der Waals surface area contributed by atoms with Gasteiger partial charge in [0.15, 0.2) is 5.82 Å². The number of hydrogen-bond donors (Lipinski definition) is 1. The van der Waals surface area contributed by atoms with Crippen LogP contribution in [-0.2, 0) is 0 Å². The van der Waals surface area contributed by atoms with Crippen molar-refractivity contribution in [2.24, 2.45) is 0 Å².